The highest BCUT2D eigenvalue weighted by molar-refractivity contribution is 5.94. The van der Waals surface area contributed by atoms with Gasteiger partial charge in [0.05, 0.1) is 5.69 Å². The van der Waals surface area contributed by atoms with Crippen LogP contribution in [0.15, 0.2) is 60.7 Å². The molecule has 30 heavy (non-hydrogen) atoms. The van der Waals surface area contributed by atoms with Crippen molar-refractivity contribution in [3.8, 4) is 11.3 Å². The quantitative estimate of drug-likeness (QED) is 0.670. The molecule has 0 aliphatic carbocycles. The fourth-order valence-electron chi connectivity index (χ4n) is 3.72. The van der Waals surface area contributed by atoms with Crippen molar-refractivity contribution in [1.29, 1.82) is 0 Å². The summed E-state index contributed by atoms with van der Waals surface area (Å²) in [5, 5.41) is 8.87. The Morgan fingerprint density at radius 3 is 2.17 bits per heavy atom. The maximum absolute atomic E-state index is 12.8. The van der Waals surface area contributed by atoms with Gasteiger partial charge in [-0.3, -0.25) is 4.79 Å². The lowest BCUT2D eigenvalue weighted by Gasteiger charge is -2.35. The minimum Gasteiger partial charge on any atom is -0.378 e. The Kier molecular flexibility index (Phi) is 5.65. The minimum absolute atomic E-state index is 0.0842. The van der Waals surface area contributed by atoms with Crippen molar-refractivity contribution in [2.24, 2.45) is 0 Å². The summed E-state index contributed by atoms with van der Waals surface area (Å²) in [6.45, 7) is 4.93. The fraction of sp³-hybridized carbons (Fsp3) is 0.292. The van der Waals surface area contributed by atoms with Gasteiger partial charge < -0.3 is 14.7 Å². The first-order chi connectivity index (χ1) is 14.5. The van der Waals surface area contributed by atoms with Crippen LogP contribution in [0.2, 0.25) is 0 Å². The Hall–Kier alpha value is -3.41. The van der Waals surface area contributed by atoms with E-state index in [2.05, 4.69) is 34.2 Å². The molecule has 2 aromatic carbocycles. The Morgan fingerprint density at radius 2 is 1.57 bits per heavy atom. The number of aryl methyl sites for hydroxylation is 1. The van der Waals surface area contributed by atoms with Crippen LogP contribution >= 0.6 is 0 Å². The second kappa shape index (κ2) is 8.53. The Balaban J connectivity index is 1.38. The van der Waals surface area contributed by atoms with E-state index in [1.165, 1.54) is 5.56 Å². The summed E-state index contributed by atoms with van der Waals surface area (Å²) < 4.78 is 0. The molecule has 0 N–H and O–H groups in total. The summed E-state index contributed by atoms with van der Waals surface area (Å²) in [6, 6.07) is 20.0. The highest BCUT2D eigenvalue weighted by Crippen LogP contribution is 2.22. The molecule has 0 atom stereocenters. The normalized spacial score (nSPS) is 14.0. The van der Waals surface area contributed by atoms with Gasteiger partial charge in [-0.05, 0) is 48.9 Å². The molecule has 1 amide bonds. The molecule has 4 rings (SSSR count). The SMILES string of the molecule is Cc1ccccc1-c1ccc(N2CCN(C(=O)c3ccc(N(C)C)cc3)CC2)nn1. The van der Waals surface area contributed by atoms with E-state index in [1.807, 2.05) is 72.4 Å². The number of hydrogen-bond acceptors (Lipinski definition) is 5. The lowest BCUT2D eigenvalue weighted by Crippen LogP contribution is -2.49. The van der Waals surface area contributed by atoms with E-state index in [4.69, 9.17) is 0 Å². The summed E-state index contributed by atoms with van der Waals surface area (Å²) in [5.74, 6) is 0.940. The summed E-state index contributed by atoms with van der Waals surface area (Å²) in [5.41, 5.74) is 4.99. The van der Waals surface area contributed by atoms with Gasteiger partial charge in [0.15, 0.2) is 5.82 Å². The van der Waals surface area contributed by atoms with Crippen molar-refractivity contribution in [3.05, 3.63) is 71.8 Å². The number of carbonyl (C=O) groups is 1. The molecule has 1 aliphatic rings. The van der Waals surface area contributed by atoms with Crippen molar-refractivity contribution < 1.29 is 4.79 Å². The zero-order valence-electron chi connectivity index (χ0n) is 17.7. The van der Waals surface area contributed by atoms with E-state index in [0.717, 1.165) is 41.4 Å². The molecular formula is C24H27N5O. The van der Waals surface area contributed by atoms with Crippen LogP contribution in [0.4, 0.5) is 11.5 Å². The van der Waals surface area contributed by atoms with Gasteiger partial charge in [-0.15, -0.1) is 10.2 Å². The number of aromatic nitrogens is 2. The number of hydrogen-bond donors (Lipinski definition) is 0. The van der Waals surface area contributed by atoms with Gasteiger partial charge in [0.25, 0.3) is 5.91 Å². The van der Waals surface area contributed by atoms with Crippen LogP contribution in [0, 0.1) is 6.92 Å². The maximum Gasteiger partial charge on any atom is 0.253 e. The van der Waals surface area contributed by atoms with Crippen molar-refractivity contribution in [1.82, 2.24) is 15.1 Å². The average molecular weight is 402 g/mol. The largest absolute Gasteiger partial charge is 0.378 e. The molecule has 0 saturated carbocycles. The van der Waals surface area contributed by atoms with Gasteiger partial charge in [-0.1, -0.05) is 24.3 Å². The predicted octanol–water partition coefficient (Wildman–Crippen LogP) is 3.48. The molecule has 0 bridgehead atoms. The van der Waals surface area contributed by atoms with Crippen LogP contribution in [0.3, 0.4) is 0 Å². The Morgan fingerprint density at radius 1 is 0.867 bits per heavy atom. The molecule has 1 saturated heterocycles. The number of rotatable bonds is 4. The van der Waals surface area contributed by atoms with Crippen LogP contribution in [-0.2, 0) is 0 Å². The van der Waals surface area contributed by atoms with Gasteiger partial charge in [-0.2, -0.15) is 0 Å². The average Bonchev–Trinajstić information content (AvgIpc) is 2.79. The van der Waals surface area contributed by atoms with E-state index < -0.39 is 0 Å². The third kappa shape index (κ3) is 4.13. The monoisotopic (exact) mass is 401 g/mol. The topological polar surface area (TPSA) is 52.6 Å². The number of benzene rings is 2. The number of piperazine rings is 1. The molecule has 154 valence electrons. The van der Waals surface area contributed by atoms with Gasteiger partial charge in [-0.25, -0.2) is 0 Å². The first kappa shape index (κ1) is 19.9. The molecule has 1 fully saturated rings. The van der Waals surface area contributed by atoms with Crippen molar-refractivity contribution in [3.63, 3.8) is 0 Å². The van der Waals surface area contributed by atoms with E-state index in [-0.39, 0.29) is 5.91 Å². The van der Waals surface area contributed by atoms with Gasteiger partial charge in [0.2, 0.25) is 0 Å². The van der Waals surface area contributed by atoms with E-state index in [9.17, 15) is 4.79 Å². The highest BCUT2D eigenvalue weighted by Gasteiger charge is 2.23. The molecule has 2 heterocycles. The van der Waals surface area contributed by atoms with Crippen molar-refractivity contribution in [2.75, 3.05) is 50.1 Å². The van der Waals surface area contributed by atoms with Crippen LogP contribution in [-0.4, -0.2) is 61.3 Å². The molecule has 6 nitrogen and oxygen atoms in total. The van der Waals surface area contributed by atoms with Gasteiger partial charge >= 0.3 is 0 Å². The Labute approximate surface area is 177 Å². The molecule has 1 aromatic heterocycles. The molecule has 3 aromatic rings. The van der Waals surface area contributed by atoms with E-state index in [1.54, 1.807) is 0 Å². The third-order valence-corrected chi connectivity index (χ3v) is 5.59. The van der Waals surface area contributed by atoms with E-state index >= 15 is 0 Å². The summed E-state index contributed by atoms with van der Waals surface area (Å²) >= 11 is 0. The number of nitrogens with zero attached hydrogens (tertiary/aromatic N) is 5. The first-order valence-corrected chi connectivity index (χ1v) is 10.2. The number of amides is 1. The highest BCUT2D eigenvalue weighted by atomic mass is 16.2. The van der Waals surface area contributed by atoms with Crippen molar-refractivity contribution in [2.45, 2.75) is 6.92 Å². The molecule has 0 spiro atoms. The molecule has 6 heteroatoms. The third-order valence-electron chi connectivity index (χ3n) is 5.59. The Bertz CT molecular complexity index is 1010. The van der Waals surface area contributed by atoms with Gasteiger partial charge in [0, 0.05) is 57.1 Å². The van der Waals surface area contributed by atoms with Crippen LogP contribution in [0.1, 0.15) is 15.9 Å². The van der Waals surface area contributed by atoms with Gasteiger partial charge in [0.1, 0.15) is 0 Å². The lowest BCUT2D eigenvalue weighted by atomic mass is 10.1. The summed E-state index contributed by atoms with van der Waals surface area (Å²) in [4.78, 5) is 19.0. The second-order valence-electron chi connectivity index (χ2n) is 7.81. The minimum atomic E-state index is 0.0842. The summed E-state index contributed by atoms with van der Waals surface area (Å²) in [6.07, 6.45) is 0. The van der Waals surface area contributed by atoms with Crippen LogP contribution in [0.25, 0.3) is 11.3 Å². The number of anilines is 2. The fourth-order valence-corrected chi connectivity index (χ4v) is 3.72. The predicted molar refractivity (Wildman–Crippen MR) is 121 cm³/mol. The maximum atomic E-state index is 12.8. The lowest BCUT2D eigenvalue weighted by molar-refractivity contribution is 0.0746. The molecule has 1 aliphatic heterocycles. The number of carbonyl (C=O) groups excluding carboxylic acids is 1. The van der Waals surface area contributed by atoms with Crippen LogP contribution < -0.4 is 9.80 Å². The van der Waals surface area contributed by atoms with Crippen molar-refractivity contribution >= 4 is 17.4 Å². The second-order valence-corrected chi connectivity index (χ2v) is 7.81. The zero-order chi connectivity index (χ0) is 21.1. The summed E-state index contributed by atoms with van der Waals surface area (Å²) in [7, 11) is 3.99. The molecular weight excluding hydrogens is 374 g/mol. The molecule has 0 radical (unpaired) electrons. The molecule has 0 unspecified atom stereocenters. The van der Waals surface area contributed by atoms with E-state index in [0.29, 0.717) is 13.1 Å². The zero-order valence-corrected chi connectivity index (χ0v) is 17.7. The smallest absolute Gasteiger partial charge is 0.253 e. The standard InChI is InChI=1S/C24H27N5O/c1-18-6-4-5-7-21(18)22-12-13-23(26-25-22)28-14-16-29(17-15-28)24(30)19-8-10-20(11-9-19)27(2)3/h4-13H,14-17H2,1-3H3. The van der Waals surface area contributed by atoms with Crippen LogP contribution in [0.5, 0.6) is 0 Å². The first-order valence-electron chi connectivity index (χ1n) is 10.2.